The van der Waals surface area contributed by atoms with Crippen molar-refractivity contribution in [2.45, 2.75) is 0 Å². The molecule has 0 aromatic carbocycles. The molecule has 0 spiro atoms. The van der Waals surface area contributed by atoms with Crippen LogP contribution in [0.25, 0.3) is 0 Å². The molecule has 8 heavy (non-hydrogen) atoms. The van der Waals surface area contributed by atoms with Crippen LogP contribution in [0.3, 0.4) is 0 Å². The molecule has 0 aliphatic carbocycles. The van der Waals surface area contributed by atoms with Crippen molar-refractivity contribution in [2.24, 2.45) is 5.73 Å². The zero-order valence-corrected chi connectivity index (χ0v) is 8.04. The molecule has 3 nitrogen and oxygen atoms in total. The second-order valence-electron chi connectivity index (χ2n) is 0.434. The average Bonchev–Trinajstić information content (AvgIpc) is 1.33. The first-order chi connectivity index (χ1) is 3.15. The van der Waals surface area contributed by atoms with E-state index in [1.54, 1.807) is 0 Å². The second kappa shape index (κ2) is 15.6. The fourth-order valence-electron chi connectivity index (χ4n) is 0. The number of carboxylic acid groups (broad SMARTS) is 1. The zero-order chi connectivity index (χ0) is 6.28. The summed E-state index contributed by atoms with van der Waals surface area (Å²) in [4.78, 5) is 8.25. The first kappa shape index (κ1) is 15.9. The SMILES string of the molecule is NC(=S)S.O=C[O-].[Na+]. The van der Waals surface area contributed by atoms with E-state index in [0.717, 1.165) is 0 Å². The van der Waals surface area contributed by atoms with Gasteiger partial charge in [-0.1, -0.05) is 12.2 Å². The number of hydrogen-bond donors (Lipinski definition) is 2. The van der Waals surface area contributed by atoms with Gasteiger partial charge in [-0.25, -0.2) is 0 Å². The van der Waals surface area contributed by atoms with E-state index >= 15 is 0 Å². The first-order valence-electron chi connectivity index (χ1n) is 1.19. The quantitative estimate of drug-likeness (QED) is 0.163. The van der Waals surface area contributed by atoms with Crippen LogP contribution in [0.4, 0.5) is 0 Å². The summed E-state index contributed by atoms with van der Waals surface area (Å²) in [6.45, 7) is -0.500. The van der Waals surface area contributed by atoms with Crippen molar-refractivity contribution in [1.29, 1.82) is 0 Å². The predicted octanol–water partition coefficient (Wildman–Crippen LogP) is -4.47. The van der Waals surface area contributed by atoms with E-state index in [4.69, 9.17) is 15.6 Å². The molecule has 2 N–H and O–H groups in total. The van der Waals surface area contributed by atoms with Crippen LogP contribution in [0.1, 0.15) is 0 Å². The van der Waals surface area contributed by atoms with Gasteiger partial charge in [-0.05, 0) is 0 Å². The molecule has 0 aromatic heterocycles. The Morgan fingerprint density at radius 2 is 1.88 bits per heavy atom. The number of hydrogen-bond acceptors (Lipinski definition) is 3. The molecule has 0 aromatic rings. The first-order valence-corrected chi connectivity index (χ1v) is 2.04. The van der Waals surface area contributed by atoms with Crippen molar-refractivity contribution in [1.82, 2.24) is 0 Å². The molecule has 0 radical (unpaired) electrons. The van der Waals surface area contributed by atoms with Gasteiger partial charge in [-0.2, -0.15) is 0 Å². The Kier molecular flexibility index (Phi) is 31.1. The summed E-state index contributed by atoms with van der Waals surface area (Å²) in [6, 6.07) is 0. The maximum Gasteiger partial charge on any atom is 1.00 e. The third-order valence-corrected chi connectivity index (χ3v) is 0. The third kappa shape index (κ3) is 434. The minimum Gasteiger partial charge on any atom is -0.554 e. The van der Waals surface area contributed by atoms with Gasteiger partial charge in [0.25, 0.3) is 0 Å². The summed E-state index contributed by atoms with van der Waals surface area (Å²) in [7, 11) is 0. The van der Waals surface area contributed by atoms with E-state index in [1.807, 2.05) is 0 Å². The Hall–Kier alpha value is 0.710. The van der Waals surface area contributed by atoms with Crippen molar-refractivity contribution in [3.05, 3.63) is 0 Å². The van der Waals surface area contributed by atoms with Crippen LogP contribution in [-0.4, -0.2) is 10.8 Å². The number of nitrogens with two attached hydrogens (primary N) is 1. The molecule has 0 rings (SSSR count). The summed E-state index contributed by atoms with van der Waals surface area (Å²) in [6.07, 6.45) is 0. The van der Waals surface area contributed by atoms with Gasteiger partial charge in [0.15, 0.2) is 0 Å². The number of rotatable bonds is 0. The monoisotopic (exact) mass is 161 g/mol. The number of carbonyl (C=O) groups excluding carboxylic acids is 1. The molecule has 0 heterocycles. The minimum absolute atomic E-state index is 0. The van der Waals surface area contributed by atoms with Crippen molar-refractivity contribution in [3.63, 3.8) is 0 Å². The Bertz CT molecular complexity index is 65.1. The maximum absolute atomic E-state index is 8.25. The normalized spacial score (nSPS) is 4.62. The molecule has 0 fully saturated rings. The van der Waals surface area contributed by atoms with E-state index in [2.05, 4.69) is 24.8 Å². The summed E-state index contributed by atoms with van der Waals surface area (Å²) in [5.74, 6) is 0. The zero-order valence-electron chi connectivity index (χ0n) is 4.33. The summed E-state index contributed by atoms with van der Waals surface area (Å²) in [5, 5.41) is 8.25. The summed E-state index contributed by atoms with van der Waals surface area (Å²) >= 11 is 7.65. The van der Waals surface area contributed by atoms with Gasteiger partial charge >= 0.3 is 29.6 Å². The molecule has 0 saturated carbocycles. The van der Waals surface area contributed by atoms with Gasteiger partial charge in [-0.3, -0.25) is 0 Å². The van der Waals surface area contributed by atoms with Gasteiger partial charge in [0.1, 0.15) is 4.32 Å². The van der Waals surface area contributed by atoms with E-state index in [9.17, 15) is 0 Å². The fourth-order valence-corrected chi connectivity index (χ4v) is 0. The van der Waals surface area contributed by atoms with Gasteiger partial charge in [-0.15, -0.1) is 12.6 Å². The molecule has 0 bridgehead atoms. The number of carbonyl (C=O) groups is 1. The summed E-state index contributed by atoms with van der Waals surface area (Å²) in [5.41, 5.74) is 4.71. The van der Waals surface area contributed by atoms with Crippen molar-refractivity contribution < 1.29 is 39.5 Å². The molecule has 0 atom stereocenters. The minimum atomic E-state index is -0.500. The number of thiocarbonyl (C=S) groups is 1. The molecule has 0 unspecified atom stereocenters. The Labute approximate surface area is 80.3 Å². The van der Waals surface area contributed by atoms with Crippen LogP contribution in [0, 0.1) is 0 Å². The Morgan fingerprint density at radius 1 is 1.88 bits per heavy atom. The Morgan fingerprint density at radius 3 is 1.88 bits per heavy atom. The average molecular weight is 161 g/mol. The molecule has 0 aliphatic heterocycles. The van der Waals surface area contributed by atoms with Gasteiger partial charge in [0.2, 0.25) is 0 Å². The molecular weight excluding hydrogens is 157 g/mol. The van der Waals surface area contributed by atoms with Crippen LogP contribution in [0.15, 0.2) is 0 Å². The molecule has 0 aliphatic rings. The van der Waals surface area contributed by atoms with Crippen molar-refractivity contribution in [3.8, 4) is 0 Å². The van der Waals surface area contributed by atoms with E-state index in [-0.39, 0.29) is 33.9 Å². The molecule has 42 valence electrons. The van der Waals surface area contributed by atoms with E-state index < -0.39 is 6.47 Å². The maximum atomic E-state index is 8.25. The molecule has 0 amide bonds. The smallest absolute Gasteiger partial charge is 0.554 e. The number of thiol groups is 1. The molecule has 0 saturated heterocycles. The van der Waals surface area contributed by atoms with Crippen LogP contribution < -0.4 is 40.4 Å². The Balaban J connectivity index is -0.0000000575. The van der Waals surface area contributed by atoms with Crippen molar-refractivity contribution in [2.75, 3.05) is 0 Å². The van der Waals surface area contributed by atoms with E-state index in [1.165, 1.54) is 0 Å². The van der Waals surface area contributed by atoms with Crippen LogP contribution in [0.5, 0.6) is 0 Å². The standard InChI is InChI=1S/CH3NS2.CH2O2.Na/c2-1(3)4;2-1-3;/h(H3,2,3,4);1H,(H,2,3);/q;;+1/p-1. The predicted molar refractivity (Wildman–Crippen MR) is 31.8 cm³/mol. The second-order valence-corrected chi connectivity index (χ2v) is 1.66. The van der Waals surface area contributed by atoms with Crippen LogP contribution in [-0.2, 0) is 4.79 Å². The third-order valence-electron chi connectivity index (χ3n) is 0. The van der Waals surface area contributed by atoms with E-state index in [0.29, 0.717) is 0 Å². The molecule has 6 heteroatoms. The van der Waals surface area contributed by atoms with Gasteiger partial charge in [0, 0.05) is 6.47 Å². The van der Waals surface area contributed by atoms with Gasteiger partial charge < -0.3 is 15.6 Å². The van der Waals surface area contributed by atoms with Crippen LogP contribution in [0.2, 0.25) is 0 Å². The topological polar surface area (TPSA) is 66.2 Å². The fraction of sp³-hybridized carbons (Fsp3) is 0. The van der Waals surface area contributed by atoms with Crippen molar-refractivity contribution >= 4 is 35.6 Å². The van der Waals surface area contributed by atoms with Crippen LogP contribution >= 0.6 is 24.8 Å². The summed E-state index contributed by atoms with van der Waals surface area (Å²) < 4.78 is 0.194. The largest absolute Gasteiger partial charge is 1.00 e. The van der Waals surface area contributed by atoms with Gasteiger partial charge in [0.05, 0.1) is 0 Å². The molecular formula is C2H4NNaO2S2.